The Hall–Kier alpha value is -1.70. The van der Waals surface area contributed by atoms with E-state index in [-0.39, 0.29) is 28.3 Å². The maximum atomic E-state index is 13.8. The van der Waals surface area contributed by atoms with Gasteiger partial charge >= 0.3 is 0 Å². The first-order valence-electron chi connectivity index (χ1n) is 6.40. The number of nitrogens with two attached hydrogens (primary N) is 1. The number of fused-ring (bicyclic) bond motifs is 1. The summed E-state index contributed by atoms with van der Waals surface area (Å²) >= 11 is 5.58. The average molecular weight is 315 g/mol. The standard InChI is InChI=1S/C13H13ClF2N4O/c14-6-1-5-2-8(19-12(5)11(16)10(6)15)13(21)20-9-4-18-3-7(9)17/h1-2,7,9,18-19H,3-4,17H2,(H,20,21)/t7-,9-/m0/s1. The SMILES string of the molecule is N[C@H]1CNC[C@@H]1NC(=O)c1cc2cc(Cl)c(F)c(F)c2[nH]1. The highest BCUT2D eigenvalue weighted by Crippen LogP contribution is 2.27. The molecule has 5 nitrogen and oxygen atoms in total. The average Bonchev–Trinajstić information content (AvgIpc) is 3.03. The van der Waals surface area contributed by atoms with Crippen LogP contribution in [-0.2, 0) is 0 Å². The van der Waals surface area contributed by atoms with E-state index in [1.807, 2.05) is 0 Å². The van der Waals surface area contributed by atoms with Gasteiger partial charge < -0.3 is 21.4 Å². The third kappa shape index (κ3) is 2.48. The molecular weight excluding hydrogens is 302 g/mol. The molecular formula is C13H13ClF2N4O. The first-order chi connectivity index (χ1) is 9.97. The zero-order valence-corrected chi connectivity index (χ0v) is 11.6. The number of H-pyrrole nitrogens is 1. The van der Waals surface area contributed by atoms with Crippen LogP contribution < -0.4 is 16.4 Å². The lowest BCUT2D eigenvalue weighted by atomic mass is 10.2. The molecule has 1 aliphatic rings. The van der Waals surface area contributed by atoms with Crippen molar-refractivity contribution in [1.29, 1.82) is 0 Å². The number of aromatic amines is 1. The highest BCUT2D eigenvalue weighted by Gasteiger charge is 2.26. The minimum absolute atomic E-state index is 0.0871. The van der Waals surface area contributed by atoms with Gasteiger partial charge in [0.15, 0.2) is 11.6 Å². The molecule has 1 saturated heterocycles. The fraction of sp³-hybridized carbons (Fsp3) is 0.308. The van der Waals surface area contributed by atoms with Gasteiger partial charge in [0.2, 0.25) is 0 Å². The highest BCUT2D eigenvalue weighted by molar-refractivity contribution is 6.31. The molecule has 5 N–H and O–H groups in total. The summed E-state index contributed by atoms with van der Waals surface area (Å²) in [6, 6.07) is 2.31. The molecule has 3 rings (SSSR count). The fourth-order valence-corrected chi connectivity index (χ4v) is 2.61. The van der Waals surface area contributed by atoms with Crippen molar-refractivity contribution < 1.29 is 13.6 Å². The second-order valence-corrected chi connectivity index (χ2v) is 5.44. The van der Waals surface area contributed by atoms with Crippen LogP contribution in [0.3, 0.4) is 0 Å². The number of hydrogen-bond acceptors (Lipinski definition) is 3. The molecule has 1 aliphatic heterocycles. The number of hydrogen-bond donors (Lipinski definition) is 4. The molecule has 1 fully saturated rings. The van der Waals surface area contributed by atoms with Crippen LogP contribution in [0.25, 0.3) is 10.9 Å². The van der Waals surface area contributed by atoms with Crippen LogP contribution in [0, 0.1) is 11.6 Å². The minimum Gasteiger partial charge on any atom is -0.348 e. The largest absolute Gasteiger partial charge is 0.348 e. The van der Waals surface area contributed by atoms with Crippen LogP contribution in [0.15, 0.2) is 12.1 Å². The molecule has 0 spiro atoms. The van der Waals surface area contributed by atoms with Crippen molar-refractivity contribution in [3.05, 3.63) is 34.5 Å². The van der Waals surface area contributed by atoms with E-state index >= 15 is 0 Å². The molecule has 21 heavy (non-hydrogen) atoms. The number of benzene rings is 1. The molecule has 1 amide bonds. The number of halogens is 3. The summed E-state index contributed by atoms with van der Waals surface area (Å²) in [7, 11) is 0. The van der Waals surface area contributed by atoms with Crippen LogP contribution in [-0.4, -0.2) is 36.1 Å². The van der Waals surface area contributed by atoms with E-state index in [1.165, 1.54) is 12.1 Å². The predicted octanol–water partition coefficient (Wildman–Crippen LogP) is 1.13. The molecule has 0 saturated carbocycles. The van der Waals surface area contributed by atoms with Crippen LogP contribution in [0.1, 0.15) is 10.5 Å². The Bertz CT molecular complexity index is 718. The van der Waals surface area contributed by atoms with Crippen LogP contribution in [0.2, 0.25) is 5.02 Å². The smallest absolute Gasteiger partial charge is 0.268 e. The van der Waals surface area contributed by atoms with E-state index in [0.717, 1.165) is 0 Å². The van der Waals surface area contributed by atoms with E-state index in [0.29, 0.717) is 18.5 Å². The van der Waals surface area contributed by atoms with E-state index in [9.17, 15) is 13.6 Å². The summed E-state index contributed by atoms with van der Waals surface area (Å²) in [4.78, 5) is 14.7. The molecule has 1 aromatic heterocycles. The molecule has 2 heterocycles. The molecule has 0 aliphatic carbocycles. The molecule has 0 radical (unpaired) electrons. The van der Waals surface area contributed by atoms with Gasteiger partial charge in [0.1, 0.15) is 5.69 Å². The lowest BCUT2D eigenvalue weighted by Gasteiger charge is -2.15. The van der Waals surface area contributed by atoms with E-state index in [1.54, 1.807) is 0 Å². The van der Waals surface area contributed by atoms with Crippen LogP contribution >= 0.6 is 11.6 Å². The zero-order valence-electron chi connectivity index (χ0n) is 10.8. The Morgan fingerprint density at radius 3 is 2.76 bits per heavy atom. The number of aromatic nitrogens is 1. The van der Waals surface area contributed by atoms with Crippen molar-refractivity contribution in [1.82, 2.24) is 15.6 Å². The normalized spacial score (nSPS) is 21.9. The molecule has 0 unspecified atom stereocenters. The van der Waals surface area contributed by atoms with Gasteiger partial charge in [-0.05, 0) is 12.1 Å². The Kier molecular flexibility index (Phi) is 3.56. The van der Waals surface area contributed by atoms with Gasteiger partial charge in [-0.1, -0.05) is 11.6 Å². The van der Waals surface area contributed by atoms with Gasteiger partial charge in [-0.25, -0.2) is 8.78 Å². The predicted molar refractivity (Wildman–Crippen MR) is 75.3 cm³/mol. The van der Waals surface area contributed by atoms with Gasteiger partial charge in [0, 0.05) is 24.5 Å². The molecule has 8 heteroatoms. The van der Waals surface area contributed by atoms with E-state index in [4.69, 9.17) is 17.3 Å². The van der Waals surface area contributed by atoms with Crippen molar-refractivity contribution in [3.63, 3.8) is 0 Å². The highest BCUT2D eigenvalue weighted by atomic mass is 35.5. The number of carbonyl (C=O) groups excluding carboxylic acids is 1. The topological polar surface area (TPSA) is 82.9 Å². The van der Waals surface area contributed by atoms with Crippen molar-refractivity contribution in [2.45, 2.75) is 12.1 Å². The maximum Gasteiger partial charge on any atom is 0.268 e. The third-order valence-electron chi connectivity index (χ3n) is 3.57. The molecule has 2 aromatic rings. The van der Waals surface area contributed by atoms with Crippen molar-refractivity contribution in [2.75, 3.05) is 13.1 Å². The number of carbonyl (C=O) groups is 1. The Labute approximate surface area is 123 Å². The summed E-state index contributed by atoms with van der Waals surface area (Å²) in [5.41, 5.74) is 5.87. The Balaban J connectivity index is 1.90. The van der Waals surface area contributed by atoms with Crippen LogP contribution in [0.5, 0.6) is 0 Å². The summed E-state index contributed by atoms with van der Waals surface area (Å²) in [6.07, 6.45) is 0. The second-order valence-electron chi connectivity index (χ2n) is 5.04. The maximum absolute atomic E-state index is 13.8. The fourth-order valence-electron chi connectivity index (χ4n) is 2.41. The molecule has 112 valence electrons. The number of amides is 1. The third-order valence-corrected chi connectivity index (χ3v) is 3.85. The van der Waals surface area contributed by atoms with Gasteiger partial charge in [-0.3, -0.25) is 4.79 Å². The molecule has 1 aromatic carbocycles. The summed E-state index contributed by atoms with van der Waals surface area (Å²) in [5, 5.41) is 5.81. The first-order valence-corrected chi connectivity index (χ1v) is 6.78. The lowest BCUT2D eigenvalue weighted by molar-refractivity contribution is 0.0933. The quantitative estimate of drug-likeness (QED) is 0.627. The van der Waals surface area contributed by atoms with Gasteiger partial charge in [0.05, 0.1) is 16.6 Å². The molecule has 2 atom stereocenters. The van der Waals surface area contributed by atoms with Crippen molar-refractivity contribution in [3.8, 4) is 0 Å². The molecule has 0 bridgehead atoms. The number of nitrogens with one attached hydrogen (secondary N) is 3. The minimum atomic E-state index is -1.14. The summed E-state index contributed by atoms with van der Waals surface area (Å²) in [5.74, 6) is -2.66. The lowest BCUT2D eigenvalue weighted by Crippen LogP contribution is -2.46. The first kappa shape index (κ1) is 14.2. The van der Waals surface area contributed by atoms with Gasteiger partial charge in [-0.15, -0.1) is 0 Å². The zero-order chi connectivity index (χ0) is 15.1. The summed E-state index contributed by atoms with van der Waals surface area (Å²) < 4.78 is 27.1. The van der Waals surface area contributed by atoms with Crippen molar-refractivity contribution >= 4 is 28.4 Å². The Morgan fingerprint density at radius 2 is 2.10 bits per heavy atom. The van der Waals surface area contributed by atoms with E-state index in [2.05, 4.69) is 15.6 Å². The second kappa shape index (κ2) is 5.25. The summed E-state index contributed by atoms with van der Waals surface area (Å²) in [6.45, 7) is 1.19. The van der Waals surface area contributed by atoms with E-state index < -0.39 is 17.5 Å². The monoisotopic (exact) mass is 314 g/mol. The van der Waals surface area contributed by atoms with Crippen LogP contribution in [0.4, 0.5) is 8.78 Å². The Morgan fingerprint density at radius 1 is 1.33 bits per heavy atom. The number of rotatable bonds is 2. The van der Waals surface area contributed by atoms with Crippen molar-refractivity contribution in [2.24, 2.45) is 5.73 Å². The van der Waals surface area contributed by atoms with Gasteiger partial charge in [-0.2, -0.15) is 0 Å². The van der Waals surface area contributed by atoms with Gasteiger partial charge in [0.25, 0.3) is 5.91 Å².